The Hall–Kier alpha value is -3.12. The second kappa shape index (κ2) is 7.63. The Kier molecular flexibility index (Phi) is 5.11. The lowest BCUT2D eigenvalue weighted by Crippen LogP contribution is -2.18. The molecule has 0 saturated heterocycles. The Balaban J connectivity index is 1.68. The van der Waals surface area contributed by atoms with Gasteiger partial charge in [-0.15, -0.1) is 0 Å². The van der Waals surface area contributed by atoms with Gasteiger partial charge in [0.2, 0.25) is 0 Å². The van der Waals surface area contributed by atoms with E-state index >= 15 is 0 Å². The van der Waals surface area contributed by atoms with Gasteiger partial charge in [-0.05, 0) is 30.3 Å². The standard InChI is InChI=1S/C18H15ClN4O2/c1-25-17-5-3-2-4-13(17)11-20-23-18(24)16-10-15(21-22-16)12-6-8-14(19)9-7-12/h2-11H,1H3,(H,21,22)(H,23,24)/b20-11+. The largest absolute Gasteiger partial charge is 0.496 e. The highest BCUT2D eigenvalue weighted by Crippen LogP contribution is 2.20. The number of methoxy groups -OCH3 is 1. The summed E-state index contributed by atoms with van der Waals surface area (Å²) in [6.07, 6.45) is 1.52. The van der Waals surface area contributed by atoms with Crippen molar-refractivity contribution in [2.24, 2.45) is 5.10 Å². The van der Waals surface area contributed by atoms with Gasteiger partial charge in [0.15, 0.2) is 0 Å². The van der Waals surface area contributed by atoms with Gasteiger partial charge in [0.25, 0.3) is 5.91 Å². The zero-order valence-corrected chi connectivity index (χ0v) is 14.1. The van der Waals surface area contributed by atoms with Crippen LogP contribution in [0.1, 0.15) is 16.1 Å². The van der Waals surface area contributed by atoms with Gasteiger partial charge in [0, 0.05) is 16.1 Å². The number of para-hydroxylation sites is 1. The van der Waals surface area contributed by atoms with Crippen molar-refractivity contribution in [2.75, 3.05) is 7.11 Å². The van der Waals surface area contributed by atoms with E-state index in [2.05, 4.69) is 20.7 Å². The Morgan fingerprint density at radius 1 is 1.24 bits per heavy atom. The van der Waals surface area contributed by atoms with E-state index in [4.69, 9.17) is 16.3 Å². The van der Waals surface area contributed by atoms with Crippen LogP contribution in [0.15, 0.2) is 59.7 Å². The van der Waals surface area contributed by atoms with E-state index in [1.807, 2.05) is 36.4 Å². The predicted octanol–water partition coefficient (Wildman–Crippen LogP) is 3.50. The lowest BCUT2D eigenvalue weighted by Gasteiger charge is -2.02. The molecule has 2 N–H and O–H groups in total. The van der Waals surface area contributed by atoms with Gasteiger partial charge in [0.1, 0.15) is 11.4 Å². The molecule has 3 rings (SSSR count). The fraction of sp³-hybridized carbons (Fsp3) is 0.0556. The number of carbonyl (C=O) groups is 1. The Labute approximate surface area is 149 Å². The number of nitrogens with one attached hydrogen (secondary N) is 2. The molecule has 1 amide bonds. The van der Waals surface area contributed by atoms with E-state index in [1.165, 1.54) is 6.21 Å². The minimum Gasteiger partial charge on any atom is -0.496 e. The average Bonchev–Trinajstić information content (AvgIpc) is 3.13. The van der Waals surface area contributed by atoms with Gasteiger partial charge in [-0.1, -0.05) is 35.9 Å². The molecular formula is C18H15ClN4O2. The van der Waals surface area contributed by atoms with E-state index in [1.54, 1.807) is 25.3 Å². The number of hydrogen-bond donors (Lipinski definition) is 2. The number of H-pyrrole nitrogens is 1. The van der Waals surface area contributed by atoms with E-state index in [-0.39, 0.29) is 5.91 Å². The SMILES string of the molecule is COc1ccccc1/C=N/NC(=O)c1cc(-c2ccc(Cl)cc2)n[nH]1. The fourth-order valence-electron chi connectivity index (χ4n) is 2.20. The van der Waals surface area contributed by atoms with Crippen LogP contribution in [0, 0.1) is 0 Å². The van der Waals surface area contributed by atoms with Crippen molar-refractivity contribution in [3.8, 4) is 17.0 Å². The monoisotopic (exact) mass is 354 g/mol. The highest BCUT2D eigenvalue weighted by molar-refractivity contribution is 6.30. The zero-order valence-electron chi connectivity index (χ0n) is 13.4. The second-order valence-corrected chi connectivity index (χ2v) is 5.55. The van der Waals surface area contributed by atoms with Gasteiger partial charge in [-0.3, -0.25) is 9.89 Å². The third kappa shape index (κ3) is 4.05. The normalized spacial score (nSPS) is 10.8. The van der Waals surface area contributed by atoms with Gasteiger partial charge in [0.05, 0.1) is 19.0 Å². The van der Waals surface area contributed by atoms with Crippen molar-refractivity contribution in [2.45, 2.75) is 0 Å². The minimum atomic E-state index is -0.390. The van der Waals surface area contributed by atoms with Gasteiger partial charge in [-0.25, -0.2) is 5.43 Å². The number of nitrogens with zero attached hydrogens (tertiary/aromatic N) is 2. The molecule has 0 aliphatic carbocycles. The van der Waals surface area contributed by atoms with E-state index in [9.17, 15) is 4.79 Å². The molecule has 0 saturated carbocycles. The van der Waals surface area contributed by atoms with Crippen LogP contribution in [0.5, 0.6) is 5.75 Å². The minimum absolute atomic E-state index is 0.308. The molecule has 2 aromatic carbocycles. The van der Waals surface area contributed by atoms with Crippen LogP contribution in [0.25, 0.3) is 11.3 Å². The molecule has 0 atom stereocenters. The summed E-state index contributed by atoms with van der Waals surface area (Å²) in [5.74, 6) is 0.283. The maximum absolute atomic E-state index is 12.1. The van der Waals surface area contributed by atoms with Crippen molar-refractivity contribution in [3.05, 3.63) is 70.9 Å². The van der Waals surface area contributed by atoms with Crippen molar-refractivity contribution >= 4 is 23.7 Å². The molecule has 1 heterocycles. The summed E-state index contributed by atoms with van der Waals surface area (Å²) >= 11 is 5.87. The van der Waals surface area contributed by atoms with Crippen LogP contribution in [-0.4, -0.2) is 29.4 Å². The lowest BCUT2D eigenvalue weighted by atomic mass is 10.1. The number of amides is 1. The molecule has 0 aliphatic rings. The highest BCUT2D eigenvalue weighted by Gasteiger charge is 2.10. The summed E-state index contributed by atoms with van der Waals surface area (Å²) in [5.41, 5.74) is 5.03. The predicted molar refractivity (Wildman–Crippen MR) is 97.1 cm³/mol. The number of halogens is 1. The van der Waals surface area contributed by atoms with E-state index in [0.29, 0.717) is 22.2 Å². The molecular weight excluding hydrogens is 340 g/mol. The van der Waals surface area contributed by atoms with E-state index < -0.39 is 0 Å². The van der Waals surface area contributed by atoms with Gasteiger partial charge >= 0.3 is 0 Å². The molecule has 6 nitrogen and oxygen atoms in total. The first kappa shape index (κ1) is 16.7. The third-order valence-electron chi connectivity index (χ3n) is 3.47. The summed E-state index contributed by atoms with van der Waals surface area (Å²) in [6.45, 7) is 0. The first-order chi connectivity index (χ1) is 12.2. The first-order valence-electron chi connectivity index (χ1n) is 7.45. The van der Waals surface area contributed by atoms with Crippen molar-refractivity contribution in [3.63, 3.8) is 0 Å². The Bertz CT molecular complexity index is 903. The van der Waals surface area contributed by atoms with Gasteiger partial charge < -0.3 is 4.74 Å². The van der Waals surface area contributed by atoms with Crippen LogP contribution >= 0.6 is 11.6 Å². The molecule has 0 aliphatic heterocycles. The number of ether oxygens (including phenoxy) is 1. The summed E-state index contributed by atoms with van der Waals surface area (Å²) in [4.78, 5) is 12.1. The van der Waals surface area contributed by atoms with Crippen LogP contribution in [0.3, 0.4) is 0 Å². The Morgan fingerprint density at radius 2 is 2.00 bits per heavy atom. The molecule has 126 valence electrons. The van der Waals surface area contributed by atoms with Crippen molar-refractivity contribution < 1.29 is 9.53 Å². The molecule has 0 radical (unpaired) electrons. The van der Waals surface area contributed by atoms with Crippen LogP contribution < -0.4 is 10.2 Å². The smallest absolute Gasteiger partial charge is 0.289 e. The summed E-state index contributed by atoms with van der Waals surface area (Å²) in [7, 11) is 1.58. The second-order valence-electron chi connectivity index (χ2n) is 5.11. The number of hydrazone groups is 1. The summed E-state index contributed by atoms with van der Waals surface area (Å²) in [5, 5.41) is 11.4. The Morgan fingerprint density at radius 3 is 2.76 bits per heavy atom. The molecule has 1 aromatic heterocycles. The molecule has 7 heteroatoms. The van der Waals surface area contributed by atoms with Crippen LogP contribution in [0.4, 0.5) is 0 Å². The van der Waals surface area contributed by atoms with Crippen LogP contribution in [-0.2, 0) is 0 Å². The lowest BCUT2D eigenvalue weighted by molar-refractivity contribution is 0.0950. The van der Waals surface area contributed by atoms with Gasteiger partial charge in [-0.2, -0.15) is 10.2 Å². The van der Waals surface area contributed by atoms with E-state index in [0.717, 1.165) is 11.1 Å². The number of aromatic nitrogens is 2. The quantitative estimate of drug-likeness (QED) is 0.543. The van der Waals surface area contributed by atoms with Crippen molar-refractivity contribution in [1.82, 2.24) is 15.6 Å². The van der Waals surface area contributed by atoms with Crippen LogP contribution in [0.2, 0.25) is 5.02 Å². The molecule has 0 unspecified atom stereocenters. The fourth-order valence-corrected chi connectivity index (χ4v) is 2.33. The zero-order chi connectivity index (χ0) is 17.6. The number of rotatable bonds is 5. The average molecular weight is 355 g/mol. The van der Waals surface area contributed by atoms with Crippen molar-refractivity contribution in [1.29, 1.82) is 0 Å². The summed E-state index contributed by atoms with van der Waals surface area (Å²) < 4.78 is 5.22. The molecule has 25 heavy (non-hydrogen) atoms. The number of benzene rings is 2. The first-order valence-corrected chi connectivity index (χ1v) is 7.83. The number of carbonyl (C=O) groups excluding carboxylic acids is 1. The number of hydrogen-bond acceptors (Lipinski definition) is 4. The maximum atomic E-state index is 12.1. The summed E-state index contributed by atoms with van der Waals surface area (Å²) in [6, 6.07) is 16.2. The number of aromatic amines is 1. The topological polar surface area (TPSA) is 79.4 Å². The molecule has 3 aromatic rings. The molecule has 0 fully saturated rings. The highest BCUT2D eigenvalue weighted by atomic mass is 35.5. The molecule has 0 spiro atoms. The molecule has 0 bridgehead atoms. The third-order valence-corrected chi connectivity index (χ3v) is 3.72. The maximum Gasteiger partial charge on any atom is 0.289 e.